The molecule has 1 N–H and O–H groups in total. The van der Waals surface area contributed by atoms with Crippen LogP contribution in [-0.2, 0) is 0 Å². The Morgan fingerprint density at radius 1 is 1.73 bits per heavy atom. The van der Waals surface area contributed by atoms with Crippen molar-refractivity contribution < 1.29 is 0 Å². The van der Waals surface area contributed by atoms with Crippen LogP contribution >= 0.6 is 11.3 Å². The lowest BCUT2D eigenvalue weighted by atomic mass is 10.1. The van der Waals surface area contributed by atoms with Crippen molar-refractivity contribution in [2.75, 3.05) is 7.05 Å². The molecule has 1 heterocycles. The van der Waals surface area contributed by atoms with Crippen LogP contribution in [0.1, 0.15) is 18.5 Å². The van der Waals surface area contributed by atoms with Crippen molar-refractivity contribution in [3.8, 4) is 0 Å². The van der Waals surface area contributed by atoms with Gasteiger partial charge in [0.25, 0.3) is 0 Å². The molecule has 1 aromatic rings. The van der Waals surface area contributed by atoms with E-state index in [1.807, 2.05) is 14.0 Å². The summed E-state index contributed by atoms with van der Waals surface area (Å²) in [6.07, 6.45) is 0. The number of nitrogens with one attached hydrogen (secondary N) is 1. The molecule has 11 heavy (non-hydrogen) atoms. The largest absolute Gasteiger partial charge is 0.310 e. The molecular formula is C9H13NS. The molecule has 0 saturated carbocycles. The first kappa shape index (κ1) is 8.50. The molecule has 1 atom stereocenters. The first-order valence-corrected chi connectivity index (χ1v) is 4.54. The molecule has 0 aliphatic carbocycles. The molecule has 1 aromatic heterocycles. The third-order valence-corrected chi connectivity index (χ3v) is 2.36. The van der Waals surface area contributed by atoms with E-state index in [2.05, 4.69) is 28.7 Å². The maximum atomic E-state index is 3.92. The van der Waals surface area contributed by atoms with E-state index in [4.69, 9.17) is 0 Å². The lowest BCUT2D eigenvalue weighted by molar-refractivity contribution is 0.682. The summed E-state index contributed by atoms with van der Waals surface area (Å²) >= 11 is 1.72. The van der Waals surface area contributed by atoms with E-state index in [1.165, 1.54) is 5.56 Å². The minimum Gasteiger partial charge on any atom is -0.310 e. The highest BCUT2D eigenvalue weighted by Gasteiger charge is 2.08. The Balaban J connectivity index is 2.79. The van der Waals surface area contributed by atoms with Crippen LogP contribution in [0.25, 0.3) is 0 Å². The maximum Gasteiger partial charge on any atom is 0.0536 e. The van der Waals surface area contributed by atoms with E-state index >= 15 is 0 Å². The van der Waals surface area contributed by atoms with Gasteiger partial charge in [-0.1, -0.05) is 12.2 Å². The number of thiophene rings is 1. The fourth-order valence-corrected chi connectivity index (χ4v) is 1.82. The van der Waals surface area contributed by atoms with Gasteiger partial charge in [0.2, 0.25) is 0 Å². The monoisotopic (exact) mass is 167 g/mol. The zero-order chi connectivity index (χ0) is 8.27. The average molecular weight is 167 g/mol. The number of hydrogen-bond acceptors (Lipinski definition) is 2. The van der Waals surface area contributed by atoms with Crippen molar-refractivity contribution in [1.82, 2.24) is 5.32 Å². The van der Waals surface area contributed by atoms with Crippen molar-refractivity contribution in [1.29, 1.82) is 0 Å². The zero-order valence-electron chi connectivity index (χ0n) is 6.92. The van der Waals surface area contributed by atoms with Crippen molar-refractivity contribution in [2.45, 2.75) is 13.0 Å². The Morgan fingerprint density at radius 3 is 2.82 bits per heavy atom. The fraction of sp³-hybridized carbons (Fsp3) is 0.333. The van der Waals surface area contributed by atoms with Crippen LogP contribution in [0, 0.1) is 0 Å². The van der Waals surface area contributed by atoms with Crippen molar-refractivity contribution >= 4 is 11.3 Å². The third-order valence-electron chi connectivity index (χ3n) is 1.66. The van der Waals surface area contributed by atoms with Gasteiger partial charge >= 0.3 is 0 Å². The summed E-state index contributed by atoms with van der Waals surface area (Å²) < 4.78 is 0. The number of rotatable bonds is 3. The molecule has 0 bridgehead atoms. The molecule has 0 spiro atoms. The minimum absolute atomic E-state index is 0.321. The van der Waals surface area contributed by atoms with Crippen LogP contribution < -0.4 is 5.32 Å². The second kappa shape index (κ2) is 3.69. The van der Waals surface area contributed by atoms with Gasteiger partial charge in [-0.3, -0.25) is 0 Å². The van der Waals surface area contributed by atoms with Crippen molar-refractivity contribution in [3.05, 3.63) is 34.5 Å². The zero-order valence-corrected chi connectivity index (χ0v) is 7.74. The molecule has 0 aromatic carbocycles. The highest BCUT2D eigenvalue weighted by atomic mass is 32.1. The maximum absolute atomic E-state index is 3.92. The van der Waals surface area contributed by atoms with Gasteiger partial charge in [0.15, 0.2) is 0 Å². The topological polar surface area (TPSA) is 12.0 Å². The lowest BCUT2D eigenvalue weighted by Gasteiger charge is -2.13. The first-order valence-electron chi connectivity index (χ1n) is 3.60. The molecule has 1 nitrogen and oxygen atoms in total. The van der Waals surface area contributed by atoms with Crippen LogP contribution in [0.4, 0.5) is 0 Å². The highest BCUT2D eigenvalue weighted by molar-refractivity contribution is 7.07. The molecule has 0 aliphatic heterocycles. The summed E-state index contributed by atoms with van der Waals surface area (Å²) in [6, 6.07) is 2.45. The van der Waals surface area contributed by atoms with Gasteiger partial charge in [0, 0.05) is 0 Å². The molecule has 0 saturated heterocycles. The lowest BCUT2D eigenvalue weighted by Crippen LogP contribution is -2.15. The molecule has 1 rings (SSSR count). The molecule has 0 fully saturated rings. The molecule has 1 unspecified atom stereocenters. The van der Waals surface area contributed by atoms with Crippen LogP contribution in [-0.4, -0.2) is 7.05 Å². The Kier molecular flexibility index (Phi) is 2.85. The average Bonchev–Trinajstić information content (AvgIpc) is 2.40. The molecule has 0 aliphatic rings. The van der Waals surface area contributed by atoms with Crippen molar-refractivity contribution in [2.24, 2.45) is 0 Å². The summed E-state index contributed by atoms with van der Waals surface area (Å²) in [5, 5.41) is 7.45. The summed E-state index contributed by atoms with van der Waals surface area (Å²) in [5.74, 6) is 0. The van der Waals surface area contributed by atoms with Gasteiger partial charge in [-0.15, -0.1) is 0 Å². The van der Waals surface area contributed by atoms with E-state index in [1.54, 1.807) is 11.3 Å². The smallest absolute Gasteiger partial charge is 0.0536 e. The summed E-state index contributed by atoms with van der Waals surface area (Å²) in [6.45, 7) is 5.96. The molecular weight excluding hydrogens is 154 g/mol. The van der Waals surface area contributed by atoms with Gasteiger partial charge in [-0.2, -0.15) is 11.3 Å². The first-order chi connectivity index (χ1) is 5.25. The van der Waals surface area contributed by atoms with E-state index in [-0.39, 0.29) is 0 Å². The summed E-state index contributed by atoms with van der Waals surface area (Å²) in [5.41, 5.74) is 2.47. The summed E-state index contributed by atoms with van der Waals surface area (Å²) in [4.78, 5) is 0. The van der Waals surface area contributed by atoms with Gasteiger partial charge in [0.1, 0.15) is 0 Å². The van der Waals surface area contributed by atoms with Gasteiger partial charge in [-0.25, -0.2) is 0 Å². The standard InChI is InChI=1S/C9H13NS/c1-7(2)9(10-3)8-4-5-11-6-8/h4-6,9-10H,1H2,2-3H3. The fourth-order valence-electron chi connectivity index (χ4n) is 1.14. The van der Waals surface area contributed by atoms with Crippen LogP contribution in [0.5, 0.6) is 0 Å². The Labute approximate surface area is 71.8 Å². The van der Waals surface area contributed by atoms with Crippen LogP contribution in [0.3, 0.4) is 0 Å². The quantitative estimate of drug-likeness (QED) is 0.682. The summed E-state index contributed by atoms with van der Waals surface area (Å²) in [7, 11) is 1.96. The van der Waals surface area contributed by atoms with E-state index in [0.29, 0.717) is 6.04 Å². The van der Waals surface area contributed by atoms with Crippen LogP contribution in [0.2, 0.25) is 0 Å². The second-order valence-electron chi connectivity index (χ2n) is 2.62. The van der Waals surface area contributed by atoms with E-state index in [0.717, 1.165) is 5.57 Å². The van der Waals surface area contributed by atoms with Gasteiger partial charge in [0.05, 0.1) is 6.04 Å². The van der Waals surface area contributed by atoms with Gasteiger partial charge < -0.3 is 5.32 Å². The second-order valence-corrected chi connectivity index (χ2v) is 3.40. The Hall–Kier alpha value is -0.600. The van der Waals surface area contributed by atoms with E-state index in [9.17, 15) is 0 Å². The molecule has 2 heteroatoms. The van der Waals surface area contributed by atoms with Gasteiger partial charge in [-0.05, 0) is 36.4 Å². The Morgan fingerprint density at radius 2 is 2.45 bits per heavy atom. The number of likely N-dealkylation sites (N-methyl/N-ethyl adjacent to an activating group) is 1. The van der Waals surface area contributed by atoms with Crippen molar-refractivity contribution in [3.63, 3.8) is 0 Å². The minimum atomic E-state index is 0.321. The predicted molar refractivity (Wildman–Crippen MR) is 50.9 cm³/mol. The molecule has 0 radical (unpaired) electrons. The molecule has 0 amide bonds. The third kappa shape index (κ3) is 1.91. The van der Waals surface area contributed by atoms with Crippen LogP contribution in [0.15, 0.2) is 29.0 Å². The number of hydrogen-bond donors (Lipinski definition) is 1. The predicted octanol–water partition coefficient (Wildman–Crippen LogP) is 2.58. The normalized spacial score (nSPS) is 12.9. The van der Waals surface area contributed by atoms with E-state index < -0.39 is 0 Å². The highest BCUT2D eigenvalue weighted by Crippen LogP contribution is 2.21. The SMILES string of the molecule is C=C(C)C(NC)c1ccsc1. The Bertz CT molecular complexity index is 226. The molecule has 60 valence electrons.